The van der Waals surface area contributed by atoms with E-state index < -0.39 is 17.7 Å². The molecule has 41 heavy (non-hydrogen) atoms. The number of benzene rings is 2. The van der Waals surface area contributed by atoms with Crippen LogP contribution in [0.4, 0.5) is 0 Å². The fourth-order valence-corrected chi connectivity index (χ4v) is 4.67. The molecule has 0 heterocycles. The monoisotopic (exact) mass is 591 g/mol. The normalized spacial score (nSPS) is 15.0. The van der Waals surface area contributed by atoms with Crippen molar-refractivity contribution in [2.24, 2.45) is 17.6 Å². The molecule has 9 nitrogen and oxygen atoms in total. The largest absolute Gasteiger partial charge is 0.493 e. The number of nitrogens with zero attached hydrogens (tertiary/aromatic N) is 1. The molecule has 0 saturated carbocycles. The highest BCUT2D eigenvalue weighted by molar-refractivity contribution is 6.24. The highest BCUT2D eigenvalue weighted by Crippen LogP contribution is 2.26. The van der Waals surface area contributed by atoms with Crippen LogP contribution in [-0.4, -0.2) is 74.0 Å². The number of halogens is 1. The maximum atomic E-state index is 13.2. The first-order valence-corrected chi connectivity index (χ1v) is 14.4. The standard InChI is InChI=1S/C31H46ClN3O6/c1-22(2)23(21-35(32)29(37)25-15-9-10-16-28(25)41-18-12-11-17-39-4)19-26(33)27(36)20-34-30(38)31(3,40-5)24-13-7-6-8-14-24/h6-10,13-16,22-23,26-27,36H,11-12,17-21,33H2,1-5H3,(H,34,38)/t23-,26+,27+,31-/m1/s1. The van der Waals surface area contributed by atoms with Crippen molar-refractivity contribution in [3.05, 3.63) is 65.7 Å². The first-order chi connectivity index (χ1) is 19.5. The van der Waals surface area contributed by atoms with Gasteiger partial charge in [-0.15, -0.1) is 0 Å². The Hall–Kier alpha value is -2.69. The van der Waals surface area contributed by atoms with Gasteiger partial charge in [0.1, 0.15) is 5.75 Å². The van der Waals surface area contributed by atoms with Crippen LogP contribution >= 0.6 is 11.8 Å². The molecule has 2 aromatic rings. The van der Waals surface area contributed by atoms with Gasteiger partial charge in [-0.3, -0.25) is 14.0 Å². The summed E-state index contributed by atoms with van der Waals surface area (Å²) in [7, 11) is 3.12. The van der Waals surface area contributed by atoms with E-state index in [4.69, 9.17) is 31.7 Å². The molecule has 228 valence electrons. The van der Waals surface area contributed by atoms with Gasteiger partial charge in [0.05, 0.1) is 18.3 Å². The lowest BCUT2D eigenvalue weighted by Crippen LogP contribution is -2.50. The average Bonchev–Trinajstić information content (AvgIpc) is 2.98. The molecule has 0 spiro atoms. The van der Waals surface area contributed by atoms with Gasteiger partial charge in [0.25, 0.3) is 11.8 Å². The lowest BCUT2D eigenvalue weighted by molar-refractivity contribution is -0.143. The van der Waals surface area contributed by atoms with Gasteiger partial charge in [0.2, 0.25) is 0 Å². The molecule has 0 bridgehead atoms. The van der Waals surface area contributed by atoms with Crippen molar-refractivity contribution in [1.82, 2.24) is 9.74 Å². The molecule has 0 fully saturated rings. The molecule has 0 radical (unpaired) electrons. The van der Waals surface area contributed by atoms with Crippen molar-refractivity contribution >= 4 is 23.6 Å². The third-order valence-corrected chi connectivity index (χ3v) is 7.67. The molecule has 0 saturated heterocycles. The number of aliphatic hydroxyl groups is 1. The molecule has 0 unspecified atom stereocenters. The predicted octanol–water partition coefficient (Wildman–Crippen LogP) is 4.12. The number of carbonyl (C=O) groups excluding carboxylic acids is 2. The first kappa shape index (κ1) is 34.5. The van der Waals surface area contributed by atoms with E-state index in [2.05, 4.69) is 5.32 Å². The van der Waals surface area contributed by atoms with Crippen molar-refractivity contribution in [2.45, 2.75) is 57.8 Å². The fourth-order valence-electron chi connectivity index (χ4n) is 4.40. The topological polar surface area (TPSA) is 123 Å². The number of rotatable bonds is 18. The number of methoxy groups -OCH3 is 2. The predicted molar refractivity (Wildman–Crippen MR) is 161 cm³/mol. The zero-order valence-corrected chi connectivity index (χ0v) is 25.6. The average molecular weight is 592 g/mol. The maximum absolute atomic E-state index is 13.2. The Kier molecular flexibility index (Phi) is 14.6. The zero-order chi connectivity index (χ0) is 30.4. The van der Waals surface area contributed by atoms with Gasteiger partial charge in [-0.2, -0.15) is 0 Å². The number of hydrogen-bond donors (Lipinski definition) is 3. The molecule has 0 aliphatic rings. The van der Waals surface area contributed by atoms with Gasteiger partial charge in [0, 0.05) is 51.7 Å². The third-order valence-electron chi connectivity index (χ3n) is 7.38. The highest BCUT2D eigenvalue weighted by Gasteiger charge is 2.36. The molecule has 2 amide bonds. The second-order valence-electron chi connectivity index (χ2n) is 10.7. The highest BCUT2D eigenvalue weighted by atomic mass is 35.5. The Labute approximate surface area is 249 Å². The summed E-state index contributed by atoms with van der Waals surface area (Å²) in [6.07, 6.45) is 1.04. The molecular weight excluding hydrogens is 546 g/mol. The van der Waals surface area contributed by atoms with Gasteiger partial charge in [-0.1, -0.05) is 56.3 Å². The molecule has 2 rings (SSSR count). The van der Waals surface area contributed by atoms with E-state index >= 15 is 0 Å². The van der Waals surface area contributed by atoms with Crippen LogP contribution in [0.1, 0.15) is 56.0 Å². The quantitative estimate of drug-likeness (QED) is 0.176. The first-order valence-electron chi connectivity index (χ1n) is 14.1. The Morgan fingerprint density at radius 3 is 2.32 bits per heavy atom. The van der Waals surface area contributed by atoms with E-state index in [1.165, 1.54) is 7.11 Å². The van der Waals surface area contributed by atoms with E-state index in [1.807, 2.05) is 50.2 Å². The molecule has 2 aromatic carbocycles. The Morgan fingerprint density at radius 2 is 1.68 bits per heavy atom. The lowest BCUT2D eigenvalue weighted by Gasteiger charge is -2.31. The number of carbonyl (C=O) groups is 2. The van der Waals surface area contributed by atoms with Gasteiger partial charge in [0.15, 0.2) is 5.60 Å². The number of nitrogens with two attached hydrogens (primary N) is 1. The summed E-state index contributed by atoms with van der Waals surface area (Å²) >= 11 is 6.51. The maximum Gasteiger partial charge on any atom is 0.271 e. The van der Waals surface area contributed by atoms with Crippen LogP contribution in [0.15, 0.2) is 54.6 Å². The minimum absolute atomic E-state index is 0.0464. The number of hydrogen-bond acceptors (Lipinski definition) is 7. The minimum Gasteiger partial charge on any atom is -0.493 e. The van der Waals surface area contributed by atoms with Gasteiger partial charge >= 0.3 is 0 Å². The number of aliphatic hydroxyl groups excluding tert-OH is 1. The number of amides is 2. The van der Waals surface area contributed by atoms with Gasteiger partial charge in [-0.05, 0) is 55.7 Å². The van der Waals surface area contributed by atoms with E-state index in [-0.39, 0.29) is 36.7 Å². The lowest BCUT2D eigenvalue weighted by atomic mass is 9.87. The van der Waals surface area contributed by atoms with Crippen LogP contribution in [0, 0.1) is 11.8 Å². The molecule has 4 N–H and O–H groups in total. The molecule has 4 atom stereocenters. The summed E-state index contributed by atoms with van der Waals surface area (Å²) in [6.45, 7) is 7.00. The summed E-state index contributed by atoms with van der Waals surface area (Å²) < 4.78 is 17.6. The van der Waals surface area contributed by atoms with Crippen molar-refractivity contribution in [1.29, 1.82) is 0 Å². The van der Waals surface area contributed by atoms with E-state index in [0.717, 1.165) is 17.3 Å². The Morgan fingerprint density at radius 1 is 1.05 bits per heavy atom. The Balaban J connectivity index is 1.97. The minimum atomic E-state index is -1.21. The van der Waals surface area contributed by atoms with Crippen LogP contribution in [0.2, 0.25) is 0 Å². The second kappa shape index (κ2) is 17.3. The van der Waals surface area contributed by atoms with E-state index in [1.54, 1.807) is 32.2 Å². The SMILES string of the molecule is COCCCCOc1ccccc1C(=O)N(Cl)C[C@@H](C[C@H](N)[C@@H](O)CNC(=O)[C@](C)(OC)c1ccccc1)C(C)C. The van der Waals surface area contributed by atoms with E-state index in [9.17, 15) is 14.7 Å². The summed E-state index contributed by atoms with van der Waals surface area (Å²) in [6, 6.07) is 15.5. The number of nitrogens with one attached hydrogen (secondary N) is 1. The summed E-state index contributed by atoms with van der Waals surface area (Å²) in [4.78, 5) is 26.2. The number of para-hydroxylation sites is 1. The van der Waals surface area contributed by atoms with Gasteiger partial charge < -0.3 is 30.4 Å². The Bertz CT molecular complexity index is 1070. The van der Waals surface area contributed by atoms with Crippen molar-refractivity contribution in [2.75, 3.05) is 40.5 Å². The van der Waals surface area contributed by atoms with Crippen molar-refractivity contribution < 1.29 is 28.9 Å². The second-order valence-corrected chi connectivity index (χ2v) is 11.1. The van der Waals surface area contributed by atoms with Crippen LogP contribution in [0.25, 0.3) is 0 Å². The van der Waals surface area contributed by atoms with Crippen LogP contribution < -0.4 is 15.8 Å². The van der Waals surface area contributed by atoms with Crippen LogP contribution in [0.5, 0.6) is 5.75 Å². The van der Waals surface area contributed by atoms with Crippen LogP contribution in [0.3, 0.4) is 0 Å². The smallest absolute Gasteiger partial charge is 0.271 e. The third kappa shape index (κ3) is 10.3. The molecule has 0 aliphatic carbocycles. The van der Waals surface area contributed by atoms with E-state index in [0.29, 0.717) is 36.5 Å². The fraction of sp³-hybridized carbons (Fsp3) is 0.548. The summed E-state index contributed by atoms with van der Waals surface area (Å²) in [5.74, 6) is -0.254. The molecular formula is C31H46ClN3O6. The van der Waals surface area contributed by atoms with Gasteiger partial charge in [-0.25, -0.2) is 0 Å². The molecule has 0 aromatic heterocycles. The number of ether oxygens (including phenoxy) is 3. The van der Waals surface area contributed by atoms with Crippen molar-refractivity contribution in [3.8, 4) is 5.75 Å². The molecule has 10 heteroatoms. The zero-order valence-electron chi connectivity index (χ0n) is 24.8. The summed E-state index contributed by atoms with van der Waals surface area (Å²) in [5, 5.41) is 13.5. The van der Waals surface area contributed by atoms with Crippen LogP contribution in [-0.2, 0) is 19.9 Å². The molecule has 0 aliphatic heterocycles. The number of unbranched alkanes of at least 4 members (excludes halogenated alkanes) is 1. The van der Waals surface area contributed by atoms with Crippen molar-refractivity contribution in [3.63, 3.8) is 0 Å². The summed E-state index contributed by atoms with van der Waals surface area (Å²) in [5.41, 5.74) is 6.23.